The van der Waals surface area contributed by atoms with Gasteiger partial charge in [0.05, 0.1) is 18.7 Å². The van der Waals surface area contributed by atoms with Crippen molar-refractivity contribution >= 4 is 17.5 Å². The molecule has 0 aliphatic carbocycles. The molecule has 17 heavy (non-hydrogen) atoms. The number of rotatable bonds is 5. The number of nitrogens with one attached hydrogen (secondary N) is 1. The second kappa shape index (κ2) is 6.77. The average Bonchev–Trinajstić information content (AvgIpc) is 2.34. The first-order valence-electron chi connectivity index (χ1n) is 5.17. The molecule has 1 N–H and O–H groups in total. The van der Waals surface area contributed by atoms with Crippen LogP contribution < -0.4 is 10.1 Å². The number of amides is 1. The van der Waals surface area contributed by atoms with E-state index in [9.17, 15) is 4.79 Å². The highest BCUT2D eigenvalue weighted by molar-refractivity contribution is 6.30. The molecule has 0 saturated carbocycles. The maximum atomic E-state index is 11.8. The number of hydrogen-bond acceptors (Lipinski definition) is 3. The fourth-order valence-corrected chi connectivity index (χ4v) is 1.48. The minimum atomic E-state index is -0.226. The molecule has 0 saturated heterocycles. The SMILES string of the molecule is COc1cc(Cl)ccc1C(=O)NCCCC#N. The van der Waals surface area contributed by atoms with Gasteiger partial charge in [-0.05, 0) is 24.6 Å². The zero-order chi connectivity index (χ0) is 12.7. The molecule has 0 aliphatic rings. The van der Waals surface area contributed by atoms with Gasteiger partial charge in [0, 0.05) is 18.0 Å². The molecule has 0 unspecified atom stereocenters. The van der Waals surface area contributed by atoms with E-state index in [4.69, 9.17) is 21.6 Å². The molecule has 0 bridgehead atoms. The van der Waals surface area contributed by atoms with Crippen molar-refractivity contribution in [1.82, 2.24) is 5.32 Å². The van der Waals surface area contributed by atoms with Crippen molar-refractivity contribution in [2.45, 2.75) is 12.8 Å². The van der Waals surface area contributed by atoms with E-state index < -0.39 is 0 Å². The molecule has 0 spiro atoms. The van der Waals surface area contributed by atoms with Crippen LogP contribution in [0.5, 0.6) is 5.75 Å². The van der Waals surface area contributed by atoms with Crippen molar-refractivity contribution in [1.29, 1.82) is 5.26 Å². The van der Waals surface area contributed by atoms with E-state index in [1.165, 1.54) is 7.11 Å². The maximum absolute atomic E-state index is 11.8. The van der Waals surface area contributed by atoms with Crippen LogP contribution in [-0.4, -0.2) is 19.6 Å². The monoisotopic (exact) mass is 252 g/mol. The molecular formula is C12H13ClN2O2. The lowest BCUT2D eigenvalue weighted by Gasteiger charge is -2.09. The van der Waals surface area contributed by atoms with E-state index in [-0.39, 0.29) is 5.91 Å². The molecule has 0 aromatic heterocycles. The predicted molar refractivity (Wildman–Crippen MR) is 65.2 cm³/mol. The number of hydrogen-bond donors (Lipinski definition) is 1. The van der Waals surface area contributed by atoms with Crippen LogP contribution in [0.4, 0.5) is 0 Å². The Hall–Kier alpha value is -1.73. The third-order valence-corrected chi connectivity index (χ3v) is 2.39. The summed E-state index contributed by atoms with van der Waals surface area (Å²) in [4.78, 5) is 11.8. The predicted octanol–water partition coefficient (Wildman–Crippen LogP) is 2.38. The zero-order valence-corrected chi connectivity index (χ0v) is 10.3. The van der Waals surface area contributed by atoms with Gasteiger partial charge in [-0.2, -0.15) is 5.26 Å². The van der Waals surface area contributed by atoms with Crippen molar-refractivity contribution in [3.8, 4) is 11.8 Å². The van der Waals surface area contributed by atoms with Crippen LogP contribution in [0.15, 0.2) is 18.2 Å². The van der Waals surface area contributed by atoms with Crippen LogP contribution in [0.2, 0.25) is 5.02 Å². The van der Waals surface area contributed by atoms with Crippen molar-refractivity contribution < 1.29 is 9.53 Å². The molecule has 0 fully saturated rings. The smallest absolute Gasteiger partial charge is 0.255 e. The van der Waals surface area contributed by atoms with Crippen LogP contribution in [-0.2, 0) is 0 Å². The average molecular weight is 253 g/mol. The number of carbonyl (C=O) groups is 1. The Labute approximate surface area is 105 Å². The van der Waals surface area contributed by atoms with Gasteiger partial charge in [0.25, 0.3) is 5.91 Å². The largest absolute Gasteiger partial charge is 0.496 e. The third kappa shape index (κ3) is 3.97. The van der Waals surface area contributed by atoms with E-state index in [1.54, 1.807) is 18.2 Å². The van der Waals surface area contributed by atoms with Crippen molar-refractivity contribution in [2.75, 3.05) is 13.7 Å². The molecule has 0 atom stereocenters. The van der Waals surface area contributed by atoms with Crippen LogP contribution >= 0.6 is 11.6 Å². The number of unbranched alkanes of at least 4 members (excludes halogenated alkanes) is 1. The molecular weight excluding hydrogens is 240 g/mol. The fourth-order valence-electron chi connectivity index (χ4n) is 1.32. The summed E-state index contributed by atoms with van der Waals surface area (Å²) in [5.41, 5.74) is 0.439. The van der Waals surface area contributed by atoms with E-state index >= 15 is 0 Å². The Morgan fingerprint density at radius 2 is 2.35 bits per heavy atom. The molecule has 1 aromatic carbocycles. The normalized spacial score (nSPS) is 9.47. The Bertz CT molecular complexity index is 441. The summed E-state index contributed by atoms with van der Waals surface area (Å²) >= 11 is 5.80. The standard InChI is InChI=1S/C12H13ClN2O2/c1-17-11-8-9(13)4-5-10(11)12(16)15-7-3-2-6-14/h4-5,8H,2-3,7H2,1H3,(H,15,16). The maximum Gasteiger partial charge on any atom is 0.255 e. The summed E-state index contributed by atoms with van der Waals surface area (Å²) in [7, 11) is 1.48. The molecule has 5 heteroatoms. The summed E-state index contributed by atoms with van der Waals surface area (Å²) in [6.45, 7) is 0.470. The molecule has 1 amide bonds. The fraction of sp³-hybridized carbons (Fsp3) is 0.333. The van der Waals surface area contributed by atoms with E-state index in [1.807, 2.05) is 6.07 Å². The lowest BCUT2D eigenvalue weighted by molar-refractivity contribution is 0.0950. The number of carbonyl (C=O) groups excluding carboxylic acids is 1. The van der Waals surface area contributed by atoms with Crippen molar-refractivity contribution in [3.63, 3.8) is 0 Å². The number of methoxy groups -OCH3 is 1. The van der Waals surface area contributed by atoms with Gasteiger partial charge in [-0.25, -0.2) is 0 Å². The van der Waals surface area contributed by atoms with Crippen LogP contribution in [0.1, 0.15) is 23.2 Å². The van der Waals surface area contributed by atoms with Crippen LogP contribution in [0.3, 0.4) is 0 Å². The van der Waals surface area contributed by atoms with Crippen molar-refractivity contribution in [3.05, 3.63) is 28.8 Å². The third-order valence-electron chi connectivity index (χ3n) is 2.16. The van der Waals surface area contributed by atoms with Gasteiger partial charge in [-0.3, -0.25) is 4.79 Å². The first-order chi connectivity index (χ1) is 8.19. The lowest BCUT2D eigenvalue weighted by Crippen LogP contribution is -2.24. The first kappa shape index (κ1) is 13.3. The van der Waals surface area contributed by atoms with Gasteiger partial charge in [0.15, 0.2) is 0 Å². The van der Waals surface area contributed by atoms with Crippen LogP contribution in [0.25, 0.3) is 0 Å². The molecule has 1 rings (SSSR count). The lowest BCUT2D eigenvalue weighted by atomic mass is 10.2. The summed E-state index contributed by atoms with van der Waals surface area (Å²) in [6.07, 6.45) is 1.07. The highest BCUT2D eigenvalue weighted by Gasteiger charge is 2.11. The highest BCUT2D eigenvalue weighted by Crippen LogP contribution is 2.22. The molecule has 0 aliphatic heterocycles. The van der Waals surface area contributed by atoms with Crippen LogP contribution in [0, 0.1) is 11.3 Å². The molecule has 4 nitrogen and oxygen atoms in total. The molecule has 0 heterocycles. The molecule has 90 valence electrons. The van der Waals surface area contributed by atoms with E-state index in [0.29, 0.717) is 35.7 Å². The van der Waals surface area contributed by atoms with Gasteiger partial charge in [-0.1, -0.05) is 11.6 Å². The second-order valence-electron chi connectivity index (χ2n) is 3.36. The Kier molecular flexibility index (Phi) is 5.31. The summed E-state index contributed by atoms with van der Waals surface area (Å²) < 4.78 is 5.08. The minimum absolute atomic E-state index is 0.226. The van der Waals surface area contributed by atoms with Crippen molar-refractivity contribution in [2.24, 2.45) is 0 Å². The summed E-state index contributed by atoms with van der Waals surface area (Å²) in [5, 5.41) is 11.6. The van der Waals surface area contributed by atoms with Gasteiger partial charge in [0.2, 0.25) is 0 Å². The van der Waals surface area contributed by atoms with E-state index in [2.05, 4.69) is 5.32 Å². The zero-order valence-electron chi connectivity index (χ0n) is 9.50. The van der Waals surface area contributed by atoms with Gasteiger partial charge >= 0.3 is 0 Å². The molecule has 1 aromatic rings. The Morgan fingerprint density at radius 3 is 3.00 bits per heavy atom. The first-order valence-corrected chi connectivity index (χ1v) is 5.55. The summed E-state index contributed by atoms with van der Waals surface area (Å²) in [6, 6.07) is 6.85. The topological polar surface area (TPSA) is 62.1 Å². The number of nitriles is 1. The second-order valence-corrected chi connectivity index (χ2v) is 3.80. The Balaban J connectivity index is 2.65. The number of ether oxygens (including phenoxy) is 1. The number of halogens is 1. The highest BCUT2D eigenvalue weighted by atomic mass is 35.5. The minimum Gasteiger partial charge on any atom is -0.496 e. The summed E-state index contributed by atoms with van der Waals surface area (Å²) in [5.74, 6) is 0.215. The number of benzene rings is 1. The van der Waals surface area contributed by atoms with Gasteiger partial charge in [0.1, 0.15) is 5.75 Å². The number of nitrogens with zero attached hydrogens (tertiary/aromatic N) is 1. The quantitative estimate of drug-likeness (QED) is 0.819. The van der Waals surface area contributed by atoms with Gasteiger partial charge in [-0.15, -0.1) is 0 Å². The Morgan fingerprint density at radius 1 is 1.59 bits per heavy atom. The molecule has 0 radical (unpaired) electrons. The van der Waals surface area contributed by atoms with Gasteiger partial charge < -0.3 is 10.1 Å². The van der Waals surface area contributed by atoms with E-state index in [0.717, 1.165) is 0 Å².